The van der Waals surface area contributed by atoms with Gasteiger partial charge >= 0.3 is 12.0 Å². The number of aliphatic carboxylic acids is 1. The van der Waals surface area contributed by atoms with Gasteiger partial charge in [-0.05, 0) is 30.5 Å². The minimum absolute atomic E-state index is 0.182. The molecule has 114 valence electrons. The second-order valence-electron chi connectivity index (χ2n) is 5.58. The van der Waals surface area contributed by atoms with Crippen molar-refractivity contribution in [3.8, 4) is 0 Å². The highest BCUT2D eigenvalue weighted by Gasteiger charge is 2.44. The number of rotatable bonds is 5. The van der Waals surface area contributed by atoms with Crippen molar-refractivity contribution in [2.75, 3.05) is 13.6 Å². The van der Waals surface area contributed by atoms with E-state index in [1.54, 1.807) is 19.2 Å². The van der Waals surface area contributed by atoms with E-state index >= 15 is 0 Å². The van der Waals surface area contributed by atoms with E-state index in [0.29, 0.717) is 24.4 Å². The van der Waals surface area contributed by atoms with Crippen LogP contribution in [0.2, 0.25) is 5.02 Å². The quantitative estimate of drug-likeness (QED) is 0.878. The molecule has 6 heteroatoms. The Hall–Kier alpha value is -1.75. The standard InChI is InChI=1S/C15H19ClN2O3/c1-18(9-11-4-2-5-12(16)8-11)14(21)17-10-15(13(19)20)6-3-7-15/h2,4-5,8H,3,6-7,9-10H2,1H3,(H,17,21)(H,19,20). The Morgan fingerprint density at radius 1 is 1.43 bits per heavy atom. The van der Waals surface area contributed by atoms with Crippen LogP contribution in [-0.4, -0.2) is 35.6 Å². The number of urea groups is 1. The van der Waals surface area contributed by atoms with Gasteiger partial charge in [-0.3, -0.25) is 4.79 Å². The van der Waals surface area contributed by atoms with E-state index in [0.717, 1.165) is 12.0 Å². The molecule has 0 unspecified atom stereocenters. The van der Waals surface area contributed by atoms with E-state index in [4.69, 9.17) is 11.6 Å². The lowest BCUT2D eigenvalue weighted by Gasteiger charge is -2.37. The molecule has 0 heterocycles. The molecule has 1 aliphatic carbocycles. The van der Waals surface area contributed by atoms with Gasteiger partial charge in [-0.15, -0.1) is 0 Å². The summed E-state index contributed by atoms with van der Waals surface area (Å²) in [6, 6.07) is 7.02. The van der Waals surface area contributed by atoms with E-state index in [-0.39, 0.29) is 12.6 Å². The highest BCUT2D eigenvalue weighted by atomic mass is 35.5. The zero-order valence-electron chi connectivity index (χ0n) is 11.9. The van der Waals surface area contributed by atoms with Crippen molar-refractivity contribution in [2.45, 2.75) is 25.8 Å². The molecule has 1 aliphatic rings. The highest BCUT2D eigenvalue weighted by Crippen LogP contribution is 2.40. The van der Waals surface area contributed by atoms with Gasteiger partial charge in [0.25, 0.3) is 0 Å². The topological polar surface area (TPSA) is 69.6 Å². The predicted octanol–water partition coefficient (Wildman–Crippen LogP) is 2.74. The molecule has 1 aromatic carbocycles. The molecule has 0 atom stereocenters. The van der Waals surface area contributed by atoms with Crippen molar-refractivity contribution in [1.29, 1.82) is 0 Å². The lowest BCUT2D eigenvalue weighted by molar-refractivity contribution is -0.153. The van der Waals surface area contributed by atoms with Gasteiger partial charge in [-0.1, -0.05) is 30.2 Å². The van der Waals surface area contributed by atoms with Crippen LogP contribution in [0.25, 0.3) is 0 Å². The number of carbonyl (C=O) groups excluding carboxylic acids is 1. The fourth-order valence-corrected chi connectivity index (χ4v) is 2.64. The molecule has 2 N–H and O–H groups in total. The first-order valence-corrected chi connectivity index (χ1v) is 7.27. The molecule has 2 amide bonds. The summed E-state index contributed by atoms with van der Waals surface area (Å²) in [6.45, 7) is 0.605. The average Bonchev–Trinajstić information content (AvgIpc) is 2.36. The van der Waals surface area contributed by atoms with Crippen molar-refractivity contribution in [2.24, 2.45) is 5.41 Å². The third-order valence-electron chi connectivity index (χ3n) is 4.00. The first kappa shape index (κ1) is 15.6. The van der Waals surface area contributed by atoms with Crippen LogP contribution in [-0.2, 0) is 11.3 Å². The largest absolute Gasteiger partial charge is 0.481 e. The van der Waals surface area contributed by atoms with E-state index in [1.807, 2.05) is 12.1 Å². The fraction of sp³-hybridized carbons (Fsp3) is 0.467. The Morgan fingerprint density at radius 2 is 2.14 bits per heavy atom. The first-order valence-electron chi connectivity index (χ1n) is 6.90. The second-order valence-corrected chi connectivity index (χ2v) is 6.02. The van der Waals surface area contributed by atoms with Crippen LogP contribution in [0.3, 0.4) is 0 Å². The number of hydrogen-bond acceptors (Lipinski definition) is 2. The molecule has 0 spiro atoms. The summed E-state index contributed by atoms with van der Waals surface area (Å²) in [5.74, 6) is -0.827. The Balaban J connectivity index is 1.87. The normalized spacial score (nSPS) is 15.9. The molecular formula is C15H19ClN2O3. The van der Waals surface area contributed by atoms with Crippen LogP contribution in [0, 0.1) is 5.41 Å². The molecular weight excluding hydrogens is 292 g/mol. The second kappa shape index (κ2) is 6.35. The number of carbonyl (C=O) groups is 2. The number of nitrogens with one attached hydrogen (secondary N) is 1. The Labute approximate surface area is 128 Å². The number of carboxylic acid groups (broad SMARTS) is 1. The maximum atomic E-state index is 12.0. The third kappa shape index (κ3) is 3.67. The van der Waals surface area contributed by atoms with Gasteiger partial charge in [0.05, 0.1) is 5.41 Å². The van der Waals surface area contributed by atoms with Crippen LogP contribution in [0.1, 0.15) is 24.8 Å². The zero-order valence-corrected chi connectivity index (χ0v) is 12.7. The summed E-state index contributed by atoms with van der Waals surface area (Å²) in [5.41, 5.74) is 0.156. The van der Waals surface area contributed by atoms with Crippen LogP contribution in [0.15, 0.2) is 24.3 Å². The van der Waals surface area contributed by atoms with E-state index < -0.39 is 11.4 Å². The van der Waals surface area contributed by atoms with Gasteiger partial charge in [0.2, 0.25) is 0 Å². The number of hydrogen-bond donors (Lipinski definition) is 2. The molecule has 1 fully saturated rings. The van der Waals surface area contributed by atoms with Crippen molar-refractivity contribution in [1.82, 2.24) is 10.2 Å². The molecule has 0 aliphatic heterocycles. The molecule has 21 heavy (non-hydrogen) atoms. The Bertz CT molecular complexity index is 543. The molecule has 0 saturated heterocycles. The van der Waals surface area contributed by atoms with Crippen LogP contribution < -0.4 is 5.32 Å². The monoisotopic (exact) mass is 310 g/mol. The summed E-state index contributed by atoms with van der Waals surface area (Å²) >= 11 is 5.91. The fourth-order valence-electron chi connectivity index (χ4n) is 2.43. The molecule has 1 saturated carbocycles. The molecule has 0 bridgehead atoms. The van der Waals surface area contributed by atoms with E-state index in [9.17, 15) is 14.7 Å². The number of halogens is 1. The molecule has 0 radical (unpaired) electrons. The highest BCUT2D eigenvalue weighted by molar-refractivity contribution is 6.30. The molecule has 0 aromatic heterocycles. The third-order valence-corrected chi connectivity index (χ3v) is 4.23. The van der Waals surface area contributed by atoms with Gasteiger partial charge < -0.3 is 15.3 Å². The maximum absolute atomic E-state index is 12.0. The molecule has 5 nitrogen and oxygen atoms in total. The van der Waals surface area contributed by atoms with Gasteiger partial charge in [0, 0.05) is 25.2 Å². The summed E-state index contributed by atoms with van der Waals surface area (Å²) in [4.78, 5) is 24.8. The summed E-state index contributed by atoms with van der Waals surface area (Å²) < 4.78 is 0. The molecule has 2 rings (SSSR count). The predicted molar refractivity (Wildman–Crippen MR) is 80.2 cm³/mol. The van der Waals surface area contributed by atoms with Crippen molar-refractivity contribution in [3.05, 3.63) is 34.9 Å². The maximum Gasteiger partial charge on any atom is 0.317 e. The Morgan fingerprint density at radius 3 is 2.67 bits per heavy atom. The van der Waals surface area contributed by atoms with Crippen molar-refractivity contribution < 1.29 is 14.7 Å². The van der Waals surface area contributed by atoms with Gasteiger partial charge in [-0.25, -0.2) is 4.79 Å². The number of carboxylic acids is 1. The van der Waals surface area contributed by atoms with Crippen molar-refractivity contribution >= 4 is 23.6 Å². The van der Waals surface area contributed by atoms with Gasteiger partial charge in [-0.2, -0.15) is 0 Å². The number of nitrogens with zero attached hydrogens (tertiary/aromatic N) is 1. The minimum Gasteiger partial charge on any atom is -0.481 e. The van der Waals surface area contributed by atoms with Gasteiger partial charge in [0.1, 0.15) is 0 Å². The SMILES string of the molecule is CN(Cc1cccc(Cl)c1)C(=O)NCC1(C(=O)O)CCC1. The minimum atomic E-state index is -0.827. The summed E-state index contributed by atoms with van der Waals surface area (Å²) in [7, 11) is 1.67. The van der Waals surface area contributed by atoms with Crippen LogP contribution in [0.5, 0.6) is 0 Å². The Kier molecular flexibility index (Phi) is 4.73. The van der Waals surface area contributed by atoms with E-state index in [1.165, 1.54) is 4.90 Å². The van der Waals surface area contributed by atoms with E-state index in [2.05, 4.69) is 5.32 Å². The smallest absolute Gasteiger partial charge is 0.317 e. The average molecular weight is 311 g/mol. The number of amides is 2. The molecule has 1 aromatic rings. The summed E-state index contributed by atoms with van der Waals surface area (Å²) in [5, 5.41) is 12.6. The van der Waals surface area contributed by atoms with Gasteiger partial charge in [0.15, 0.2) is 0 Å². The van der Waals surface area contributed by atoms with Crippen LogP contribution in [0.4, 0.5) is 4.79 Å². The lowest BCUT2D eigenvalue weighted by atomic mass is 9.69. The lowest BCUT2D eigenvalue weighted by Crippen LogP contribution is -2.49. The zero-order chi connectivity index (χ0) is 15.5. The van der Waals surface area contributed by atoms with Crippen LogP contribution >= 0.6 is 11.6 Å². The number of benzene rings is 1. The van der Waals surface area contributed by atoms with Crippen molar-refractivity contribution in [3.63, 3.8) is 0 Å². The summed E-state index contributed by atoms with van der Waals surface area (Å²) in [6.07, 6.45) is 2.15. The first-order chi connectivity index (χ1) is 9.93.